The number of thiophene rings is 1. The van der Waals surface area contributed by atoms with Gasteiger partial charge in [0.25, 0.3) is 0 Å². The Balaban J connectivity index is 1.51. The Morgan fingerprint density at radius 3 is 2.54 bits per heavy atom. The van der Waals surface area contributed by atoms with Gasteiger partial charge in [-0.25, -0.2) is 0 Å². The summed E-state index contributed by atoms with van der Waals surface area (Å²) in [5, 5.41) is 2.14. The Hall–Kier alpha value is -0.910. The molecule has 5 heteroatoms. The Bertz CT molecular complexity index is 497. The first kappa shape index (κ1) is 17.9. The molecule has 0 aromatic carbocycles. The summed E-state index contributed by atoms with van der Waals surface area (Å²) in [5.41, 5.74) is 0. The van der Waals surface area contributed by atoms with Gasteiger partial charge in [0.15, 0.2) is 0 Å². The molecule has 1 unspecified atom stereocenters. The van der Waals surface area contributed by atoms with Crippen molar-refractivity contribution in [3.05, 3.63) is 22.4 Å². The standard InChI is InChI=1S/C19H31N3OS/c1-17(21-10-4-2-3-5-11-21)19(23)22-12-7-9-20(13-14-22)16-18-8-6-15-24-18/h6,8,15,17H,2-5,7,9-14,16H2,1H3. The van der Waals surface area contributed by atoms with Crippen LogP contribution in [0.25, 0.3) is 0 Å². The van der Waals surface area contributed by atoms with E-state index in [1.165, 1.54) is 30.6 Å². The van der Waals surface area contributed by atoms with E-state index < -0.39 is 0 Å². The van der Waals surface area contributed by atoms with Crippen molar-refractivity contribution >= 4 is 17.2 Å². The maximum atomic E-state index is 13.0. The van der Waals surface area contributed by atoms with Crippen molar-refractivity contribution in [3.63, 3.8) is 0 Å². The lowest BCUT2D eigenvalue weighted by Gasteiger charge is -2.31. The van der Waals surface area contributed by atoms with Crippen LogP contribution in [0.15, 0.2) is 17.5 Å². The van der Waals surface area contributed by atoms with Crippen molar-refractivity contribution in [1.29, 1.82) is 0 Å². The van der Waals surface area contributed by atoms with E-state index in [-0.39, 0.29) is 6.04 Å². The summed E-state index contributed by atoms with van der Waals surface area (Å²) in [6.07, 6.45) is 6.21. The van der Waals surface area contributed by atoms with Crippen LogP contribution in [0.1, 0.15) is 43.9 Å². The van der Waals surface area contributed by atoms with Gasteiger partial charge in [-0.3, -0.25) is 14.6 Å². The number of hydrogen-bond donors (Lipinski definition) is 0. The van der Waals surface area contributed by atoms with Crippen LogP contribution in [0.4, 0.5) is 0 Å². The van der Waals surface area contributed by atoms with Gasteiger partial charge < -0.3 is 4.90 Å². The number of amides is 1. The van der Waals surface area contributed by atoms with Crippen LogP contribution in [0.5, 0.6) is 0 Å². The van der Waals surface area contributed by atoms with Gasteiger partial charge in [-0.05, 0) is 50.7 Å². The highest BCUT2D eigenvalue weighted by atomic mass is 32.1. The number of nitrogens with zero attached hydrogens (tertiary/aromatic N) is 3. The molecule has 24 heavy (non-hydrogen) atoms. The Kier molecular flexibility index (Phi) is 6.69. The van der Waals surface area contributed by atoms with Crippen molar-refractivity contribution in [2.24, 2.45) is 0 Å². The minimum Gasteiger partial charge on any atom is -0.340 e. The monoisotopic (exact) mass is 349 g/mol. The summed E-state index contributed by atoms with van der Waals surface area (Å²) in [6, 6.07) is 4.38. The summed E-state index contributed by atoms with van der Waals surface area (Å²) < 4.78 is 0. The van der Waals surface area contributed by atoms with Gasteiger partial charge in [0.2, 0.25) is 5.91 Å². The van der Waals surface area contributed by atoms with Crippen LogP contribution in [0, 0.1) is 0 Å². The molecule has 2 aliphatic rings. The Labute approximate surface area is 150 Å². The predicted molar refractivity (Wildman–Crippen MR) is 100 cm³/mol. The molecule has 2 aliphatic heterocycles. The highest BCUT2D eigenvalue weighted by molar-refractivity contribution is 7.09. The highest BCUT2D eigenvalue weighted by Gasteiger charge is 2.27. The molecule has 1 aromatic heterocycles. The van der Waals surface area contributed by atoms with Crippen LogP contribution in [-0.4, -0.2) is 65.9 Å². The molecule has 0 bridgehead atoms. The fourth-order valence-electron chi connectivity index (χ4n) is 3.88. The van der Waals surface area contributed by atoms with Crippen molar-refractivity contribution in [2.75, 3.05) is 39.3 Å². The molecule has 4 nitrogen and oxygen atoms in total. The first-order valence-electron chi connectivity index (χ1n) is 9.51. The van der Waals surface area contributed by atoms with Gasteiger partial charge in [-0.1, -0.05) is 18.9 Å². The molecular formula is C19H31N3OS. The van der Waals surface area contributed by atoms with Crippen LogP contribution in [0.2, 0.25) is 0 Å². The molecule has 134 valence electrons. The highest BCUT2D eigenvalue weighted by Crippen LogP contribution is 2.17. The van der Waals surface area contributed by atoms with Crippen LogP contribution in [-0.2, 0) is 11.3 Å². The van der Waals surface area contributed by atoms with Gasteiger partial charge in [-0.2, -0.15) is 0 Å². The molecule has 3 rings (SSSR count). The largest absolute Gasteiger partial charge is 0.340 e. The lowest BCUT2D eigenvalue weighted by molar-refractivity contribution is -0.136. The third kappa shape index (κ3) is 4.80. The topological polar surface area (TPSA) is 26.8 Å². The molecular weight excluding hydrogens is 318 g/mol. The van der Waals surface area contributed by atoms with E-state index in [1.54, 1.807) is 0 Å². The summed E-state index contributed by atoms with van der Waals surface area (Å²) >= 11 is 1.83. The van der Waals surface area contributed by atoms with E-state index in [0.717, 1.165) is 52.2 Å². The fraction of sp³-hybridized carbons (Fsp3) is 0.737. The second kappa shape index (κ2) is 8.97. The molecule has 1 amide bonds. The van der Waals surface area contributed by atoms with Gasteiger partial charge >= 0.3 is 0 Å². The van der Waals surface area contributed by atoms with Gasteiger partial charge in [0, 0.05) is 37.6 Å². The van der Waals surface area contributed by atoms with Crippen LogP contribution < -0.4 is 0 Å². The minimum atomic E-state index is 0.0481. The maximum Gasteiger partial charge on any atom is 0.239 e. The van der Waals surface area contributed by atoms with Gasteiger partial charge in [0.05, 0.1) is 6.04 Å². The smallest absolute Gasteiger partial charge is 0.239 e. The van der Waals surface area contributed by atoms with Crippen LogP contribution in [0.3, 0.4) is 0 Å². The Morgan fingerprint density at radius 1 is 1.04 bits per heavy atom. The number of hydrogen-bond acceptors (Lipinski definition) is 4. The van der Waals surface area contributed by atoms with Gasteiger partial charge in [-0.15, -0.1) is 11.3 Å². The molecule has 0 aliphatic carbocycles. The average molecular weight is 350 g/mol. The molecule has 2 saturated heterocycles. The molecule has 2 fully saturated rings. The second-order valence-corrected chi connectivity index (χ2v) is 8.19. The predicted octanol–water partition coefficient (Wildman–Crippen LogP) is 3.05. The lowest BCUT2D eigenvalue weighted by atomic mass is 10.2. The summed E-state index contributed by atoms with van der Waals surface area (Å²) in [5.74, 6) is 0.342. The number of rotatable bonds is 4. The Morgan fingerprint density at radius 2 is 1.83 bits per heavy atom. The van der Waals surface area contributed by atoms with Gasteiger partial charge in [0.1, 0.15) is 0 Å². The summed E-state index contributed by atoms with van der Waals surface area (Å²) in [6.45, 7) is 9.20. The van der Waals surface area contributed by atoms with Crippen molar-refractivity contribution in [2.45, 2.75) is 51.6 Å². The molecule has 0 saturated carbocycles. The van der Waals surface area contributed by atoms with Crippen molar-refractivity contribution in [3.8, 4) is 0 Å². The number of carbonyl (C=O) groups is 1. The summed E-state index contributed by atoms with van der Waals surface area (Å²) in [7, 11) is 0. The van der Waals surface area contributed by atoms with Crippen molar-refractivity contribution in [1.82, 2.24) is 14.7 Å². The SMILES string of the molecule is CC(C(=O)N1CCCN(Cc2cccs2)CC1)N1CCCCCC1. The maximum absolute atomic E-state index is 13.0. The first-order valence-corrected chi connectivity index (χ1v) is 10.4. The minimum absolute atomic E-state index is 0.0481. The molecule has 0 N–H and O–H groups in total. The second-order valence-electron chi connectivity index (χ2n) is 7.16. The average Bonchev–Trinajstić information content (AvgIpc) is 2.84. The normalized spacial score (nSPS) is 22.8. The van der Waals surface area contributed by atoms with E-state index in [0.29, 0.717) is 5.91 Å². The molecule has 0 spiro atoms. The lowest BCUT2D eigenvalue weighted by Crippen LogP contribution is -2.48. The number of likely N-dealkylation sites (tertiary alicyclic amines) is 1. The van der Waals surface area contributed by atoms with E-state index in [2.05, 4.69) is 39.1 Å². The molecule has 1 atom stereocenters. The van der Waals surface area contributed by atoms with E-state index in [9.17, 15) is 4.79 Å². The van der Waals surface area contributed by atoms with E-state index >= 15 is 0 Å². The molecule has 3 heterocycles. The van der Waals surface area contributed by atoms with E-state index in [1.807, 2.05) is 11.3 Å². The van der Waals surface area contributed by atoms with E-state index in [4.69, 9.17) is 0 Å². The first-order chi connectivity index (χ1) is 11.7. The third-order valence-electron chi connectivity index (χ3n) is 5.41. The quantitative estimate of drug-likeness (QED) is 0.836. The zero-order chi connectivity index (χ0) is 16.8. The third-order valence-corrected chi connectivity index (χ3v) is 6.27. The van der Waals surface area contributed by atoms with Crippen LogP contribution >= 0.6 is 11.3 Å². The zero-order valence-electron chi connectivity index (χ0n) is 15.0. The fourth-order valence-corrected chi connectivity index (χ4v) is 4.62. The molecule has 0 radical (unpaired) electrons. The zero-order valence-corrected chi connectivity index (χ0v) is 15.8. The number of carbonyl (C=O) groups excluding carboxylic acids is 1. The van der Waals surface area contributed by atoms with Crippen molar-refractivity contribution < 1.29 is 4.79 Å². The molecule has 1 aromatic rings. The summed E-state index contributed by atoms with van der Waals surface area (Å²) in [4.78, 5) is 21.4.